The molecule has 1 unspecified atom stereocenters. The van der Waals surface area contributed by atoms with Crippen molar-refractivity contribution in [3.8, 4) is 6.07 Å². The van der Waals surface area contributed by atoms with E-state index in [9.17, 15) is 4.79 Å². The first-order chi connectivity index (χ1) is 8.65. The zero-order valence-electron chi connectivity index (χ0n) is 10.6. The fraction of sp³-hybridized carbons (Fsp3) is 0.429. The van der Waals surface area contributed by atoms with E-state index < -0.39 is 0 Å². The SMILES string of the molecule is COC1CCN(c2cc(C#N)ccc2C(C)=O)C1. The van der Waals surface area contributed by atoms with Crippen molar-refractivity contribution in [2.24, 2.45) is 0 Å². The fourth-order valence-electron chi connectivity index (χ4n) is 2.30. The number of carbonyl (C=O) groups excluding carboxylic acids is 1. The molecule has 0 spiro atoms. The average Bonchev–Trinajstić information content (AvgIpc) is 2.86. The van der Waals surface area contributed by atoms with Gasteiger partial charge in [-0.3, -0.25) is 4.79 Å². The number of hydrogen-bond acceptors (Lipinski definition) is 4. The maximum atomic E-state index is 11.6. The van der Waals surface area contributed by atoms with Gasteiger partial charge in [0, 0.05) is 31.5 Å². The normalized spacial score (nSPS) is 18.7. The van der Waals surface area contributed by atoms with Gasteiger partial charge in [-0.1, -0.05) is 0 Å². The van der Waals surface area contributed by atoms with Gasteiger partial charge in [-0.25, -0.2) is 0 Å². The molecule has 0 aliphatic carbocycles. The Kier molecular flexibility index (Phi) is 3.63. The topological polar surface area (TPSA) is 53.3 Å². The van der Waals surface area contributed by atoms with Gasteiger partial charge in [0.25, 0.3) is 0 Å². The predicted octanol–water partition coefficient (Wildman–Crippen LogP) is 1.99. The molecule has 1 fully saturated rings. The van der Waals surface area contributed by atoms with Crippen LogP contribution < -0.4 is 4.90 Å². The van der Waals surface area contributed by atoms with Crippen LogP contribution in [0.25, 0.3) is 0 Å². The minimum absolute atomic E-state index is 0.0235. The molecule has 0 bridgehead atoms. The Bertz CT molecular complexity index is 505. The Morgan fingerprint density at radius 2 is 2.33 bits per heavy atom. The van der Waals surface area contributed by atoms with E-state index >= 15 is 0 Å². The molecule has 1 aliphatic rings. The second-order valence-corrected chi connectivity index (χ2v) is 4.49. The van der Waals surface area contributed by atoms with E-state index in [-0.39, 0.29) is 11.9 Å². The van der Waals surface area contributed by atoms with Gasteiger partial charge in [-0.05, 0) is 31.5 Å². The van der Waals surface area contributed by atoms with Gasteiger partial charge in [0.05, 0.1) is 17.7 Å². The van der Waals surface area contributed by atoms with Crippen LogP contribution in [0.5, 0.6) is 0 Å². The first-order valence-electron chi connectivity index (χ1n) is 5.98. The number of ketones is 1. The number of nitriles is 1. The number of hydrogen-bond donors (Lipinski definition) is 0. The van der Waals surface area contributed by atoms with E-state index in [4.69, 9.17) is 10.00 Å². The molecule has 1 aliphatic heterocycles. The number of nitrogens with zero attached hydrogens (tertiary/aromatic N) is 2. The highest BCUT2D eigenvalue weighted by molar-refractivity contribution is 6.00. The zero-order chi connectivity index (χ0) is 13.1. The monoisotopic (exact) mass is 244 g/mol. The smallest absolute Gasteiger partial charge is 0.161 e. The van der Waals surface area contributed by atoms with E-state index in [2.05, 4.69) is 11.0 Å². The van der Waals surface area contributed by atoms with Crippen molar-refractivity contribution in [3.05, 3.63) is 29.3 Å². The van der Waals surface area contributed by atoms with Crippen LogP contribution in [-0.4, -0.2) is 32.1 Å². The Balaban J connectivity index is 2.36. The largest absolute Gasteiger partial charge is 0.380 e. The molecule has 94 valence electrons. The van der Waals surface area contributed by atoms with Crippen molar-refractivity contribution >= 4 is 11.5 Å². The van der Waals surface area contributed by atoms with Crippen LogP contribution in [0.15, 0.2) is 18.2 Å². The van der Waals surface area contributed by atoms with E-state index in [1.807, 2.05) is 0 Å². The molecule has 18 heavy (non-hydrogen) atoms. The van der Waals surface area contributed by atoms with Gasteiger partial charge >= 0.3 is 0 Å². The summed E-state index contributed by atoms with van der Waals surface area (Å²) in [5.74, 6) is 0.0235. The van der Waals surface area contributed by atoms with Crippen LogP contribution in [0.3, 0.4) is 0 Å². The van der Waals surface area contributed by atoms with Crippen molar-refractivity contribution in [1.82, 2.24) is 0 Å². The first-order valence-corrected chi connectivity index (χ1v) is 5.98. The zero-order valence-corrected chi connectivity index (χ0v) is 10.6. The van der Waals surface area contributed by atoms with Gasteiger partial charge in [0.15, 0.2) is 5.78 Å². The molecule has 1 atom stereocenters. The molecule has 0 N–H and O–H groups in total. The third-order valence-electron chi connectivity index (χ3n) is 3.33. The molecular formula is C14H16N2O2. The summed E-state index contributed by atoms with van der Waals surface area (Å²) in [6.45, 7) is 3.17. The lowest BCUT2D eigenvalue weighted by atomic mass is 10.1. The van der Waals surface area contributed by atoms with Crippen LogP contribution >= 0.6 is 0 Å². The van der Waals surface area contributed by atoms with Crippen molar-refractivity contribution in [1.29, 1.82) is 5.26 Å². The van der Waals surface area contributed by atoms with Crippen LogP contribution in [0.4, 0.5) is 5.69 Å². The molecule has 1 aromatic rings. The molecule has 0 saturated carbocycles. The average molecular weight is 244 g/mol. The standard InChI is InChI=1S/C14H16N2O2/c1-10(17)13-4-3-11(8-15)7-14(13)16-6-5-12(9-16)18-2/h3-4,7,12H,5-6,9H2,1-2H3. The summed E-state index contributed by atoms with van der Waals surface area (Å²) in [5.41, 5.74) is 2.10. The number of methoxy groups -OCH3 is 1. The minimum Gasteiger partial charge on any atom is -0.380 e. The number of Topliss-reactive ketones (excluding diaryl/α,β-unsaturated/α-hetero) is 1. The minimum atomic E-state index is 0.0235. The van der Waals surface area contributed by atoms with Crippen molar-refractivity contribution < 1.29 is 9.53 Å². The molecule has 0 aromatic heterocycles. The maximum Gasteiger partial charge on any atom is 0.161 e. The van der Waals surface area contributed by atoms with Gasteiger partial charge < -0.3 is 9.64 Å². The molecular weight excluding hydrogens is 228 g/mol. The van der Waals surface area contributed by atoms with E-state index in [1.54, 1.807) is 32.2 Å². The van der Waals surface area contributed by atoms with Gasteiger partial charge in [-0.15, -0.1) is 0 Å². The summed E-state index contributed by atoms with van der Waals surface area (Å²) in [6, 6.07) is 7.32. The number of anilines is 1. The molecule has 1 aromatic carbocycles. The molecule has 1 heterocycles. The summed E-state index contributed by atoms with van der Waals surface area (Å²) in [7, 11) is 1.70. The third kappa shape index (κ3) is 2.36. The van der Waals surface area contributed by atoms with Crippen LogP contribution in [0.2, 0.25) is 0 Å². The van der Waals surface area contributed by atoms with Crippen molar-refractivity contribution in [2.75, 3.05) is 25.1 Å². The quantitative estimate of drug-likeness (QED) is 0.763. The summed E-state index contributed by atoms with van der Waals surface area (Å²) in [4.78, 5) is 13.7. The van der Waals surface area contributed by atoms with Crippen LogP contribution in [-0.2, 0) is 4.74 Å². The number of rotatable bonds is 3. The summed E-state index contributed by atoms with van der Waals surface area (Å²) in [5, 5.41) is 8.95. The van der Waals surface area contributed by atoms with E-state index in [0.717, 1.165) is 25.2 Å². The Morgan fingerprint density at radius 3 is 2.89 bits per heavy atom. The highest BCUT2D eigenvalue weighted by atomic mass is 16.5. The second-order valence-electron chi connectivity index (χ2n) is 4.49. The van der Waals surface area contributed by atoms with Crippen LogP contribution in [0.1, 0.15) is 29.3 Å². The predicted molar refractivity (Wildman–Crippen MR) is 68.8 cm³/mol. The molecule has 0 amide bonds. The van der Waals surface area contributed by atoms with E-state index in [1.165, 1.54) is 0 Å². The number of carbonyl (C=O) groups is 1. The summed E-state index contributed by atoms with van der Waals surface area (Å²) in [6.07, 6.45) is 1.15. The first kappa shape index (κ1) is 12.6. The van der Waals surface area contributed by atoms with Gasteiger partial charge in [0.2, 0.25) is 0 Å². The van der Waals surface area contributed by atoms with E-state index in [0.29, 0.717) is 11.1 Å². The Labute approximate surface area is 107 Å². The Morgan fingerprint density at radius 1 is 1.56 bits per heavy atom. The van der Waals surface area contributed by atoms with Crippen molar-refractivity contribution in [3.63, 3.8) is 0 Å². The molecule has 4 heteroatoms. The number of benzene rings is 1. The van der Waals surface area contributed by atoms with Crippen molar-refractivity contribution in [2.45, 2.75) is 19.4 Å². The molecule has 1 saturated heterocycles. The highest BCUT2D eigenvalue weighted by Gasteiger charge is 2.25. The third-order valence-corrected chi connectivity index (χ3v) is 3.33. The number of ether oxygens (including phenoxy) is 1. The van der Waals surface area contributed by atoms with Gasteiger partial charge in [-0.2, -0.15) is 5.26 Å². The Hall–Kier alpha value is -1.86. The lowest BCUT2D eigenvalue weighted by Crippen LogP contribution is -2.24. The lowest BCUT2D eigenvalue weighted by molar-refractivity contribution is 0.101. The molecule has 4 nitrogen and oxygen atoms in total. The summed E-state index contributed by atoms with van der Waals surface area (Å²) >= 11 is 0. The highest BCUT2D eigenvalue weighted by Crippen LogP contribution is 2.27. The lowest BCUT2D eigenvalue weighted by Gasteiger charge is -2.21. The summed E-state index contributed by atoms with van der Waals surface area (Å²) < 4.78 is 5.33. The maximum absolute atomic E-state index is 11.6. The second kappa shape index (κ2) is 5.19. The van der Waals surface area contributed by atoms with Gasteiger partial charge in [0.1, 0.15) is 0 Å². The molecule has 2 rings (SSSR count). The van der Waals surface area contributed by atoms with Crippen LogP contribution in [0, 0.1) is 11.3 Å². The molecule has 0 radical (unpaired) electrons. The fourth-order valence-corrected chi connectivity index (χ4v) is 2.30.